The normalized spacial score (nSPS) is 19.3. The van der Waals surface area contributed by atoms with Crippen molar-refractivity contribution in [3.8, 4) is 0 Å². The van der Waals surface area contributed by atoms with Gasteiger partial charge in [0.1, 0.15) is 0 Å². The van der Waals surface area contributed by atoms with Crippen LogP contribution in [0.15, 0.2) is 4.34 Å². The average molecular weight is 262 g/mol. The zero-order valence-corrected chi connectivity index (χ0v) is 10.6. The van der Waals surface area contributed by atoms with Gasteiger partial charge in [0.2, 0.25) is 9.47 Å². The molecule has 1 heterocycles. The quantitative estimate of drug-likeness (QED) is 0.833. The molecule has 6 nitrogen and oxygen atoms in total. The molecule has 90 valence electrons. The molecular weight excluding hydrogens is 248 g/mol. The Morgan fingerprint density at radius 2 is 2.19 bits per heavy atom. The Balaban J connectivity index is 2.20. The van der Waals surface area contributed by atoms with Crippen LogP contribution in [0.4, 0.5) is 5.13 Å². The molecular formula is C8H14N4O2S2. The number of nitrogen functional groups attached to an aromatic ring is 1. The van der Waals surface area contributed by atoms with Crippen molar-refractivity contribution >= 4 is 26.5 Å². The maximum atomic E-state index is 12.0. The summed E-state index contributed by atoms with van der Waals surface area (Å²) in [4.78, 5) is 0. The second-order valence-electron chi connectivity index (χ2n) is 4.00. The van der Waals surface area contributed by atoms with Crippen LogP contribution in [0.3, 0.4) is 0 Å². The van der Waals surface area contributed by atoms with Gasteiger partial charge in [-0.3, -0.25) is 0 Å². The highest BCUT2D eigenvalue weighted by Gasteiger charge is 2.40. The van der Waals surface area contributed by atoms with Crippen LogP contribution >= 0.6 is 11.3 Å². The largest absolute Gasteiger partial charge is 0.374 e. The van der Waals surface area contributed by atoms with Crippen LogP contribution in [0, 0.1) is 0 Å². The lowest BCUT2D eigenvalue weighted by Gasteiger charge is -2.41. The molecule has 2 rings (SSSR count). The van der Waals surface area contributed by atoms with E-state index in [9.17, 15) is 8.42 Å². The monoisotopic (exact) mass is 262 g/mol. The summed E-state index contributed by atoms with van der Waals surface area (Å²) in [7, 11) is -3.56. The van der Waals surface area contributed by atoms with Gasteiger partial charge in [-0.05, 0) is 25.7 Å². The standard InChI is InChI=1S/C8H14N4O2S2/c1-2-8(4-3-5-8)12-16(13,14)7-11-10-6(9)15-7/h12H,2-5H2,1H3,(H2,9,10). The molecule has 0 aromatic carbocycles. The summed E-state index contributed by atoms with van der Waals surface area (Å²) in [5, 5.41) is 7.23. The van der Waals surface area contributed by atoms with E-state index in [0.29, 0.717) is 0 Å². The lowest BCUT2D eigenvalue weighted by Crippen LogP contribution is -2.52. The summed E-state index contributed by atoms with van der Waals surface area (Å²) in [5.74, 6) is 0. The summed E-state index contributed by atoms with van der Waals surface area (Å²) in [6.07, 6.45) is 3.63. The lowest BCUT2D eigenvalue weighted by atomic mass is 9.76. The van der Waals surface area contributed by atoms with Crippen molar-refractivity contribution in [1.29, 1.82) is 0 Å². The SMILES string of the molecule is CCC1(NS(=O)(=O)c2nnc(N)s2)CCC1. The number of nitrogens with zero attached hydrogens (tertiary/aromatic N) is 2. The van der Waals surface area contributed by atoms with Crippen LogP contribution in [0.1, 0.15) is 32.6 Å². The molecule has 0 radical (unpaired) electrons. The topological polar surface area (TPSA) is 98.0 Å². The minimum atomic E-state index is -3.56. The van der Waals surface area contributed by atoms with E-state index in [1.807, 2.05) is 6.92 Å². The second-order valence-corrected chi connectivity index (χ2v) is 6.86. The number of nitrogens with two attached hydrogens (primary N) is 1. The van der Waals surface area contributed by atoms with Crippen molar-refractivity contribution in [3.63, 3.8) is 0 Å². The molecule has 16 heavy (non-hydrogen) atoms. The van der Waals surface area contributed by atoms with E-state index in [0.717, 1.165) is 37.0 Å². The van der Waals surface area contributed by atoms with Gasteiger partial charge in [-0.15, -0.1) is 10.2 Å². The Kier molecular flexibility index (Phi) is 2.89. The predicted molar refractivity (Wildman–Crippen MR) is 61.5 cm³/mol. The van der Waals surface area contributed by atoms with Crippen molar-refractivity contribution in [3.05, 3.63) is 0 Å². The van der Waals surface area contributed by atoms with Crippen molar-refractivity contribution < 1.29 is 8.42 Å². The average Bonchev–Trinajstić information content (AvgIpc) is 2.59. The Bertz CT molecular complexity index is 472. The summed E-state index contributed by atoms with van der Waals surface area (Å²) in [5.41, 5.74) is 5.09. The van der Waals surface area contributed by atoms with Gasteiger partial charge in [0.25, 0.3) is 10.0 Å². The van der Waals surface area contributed by atoms with Crippen molar-refractivity contribution in [2.45, 2.75) is 42.5 Å². The number of rotatable bonds is 4. The number of hydrogen-bond acceptors (Lipinski definition) is 6. The Morgan fingerprint density at radius 3 is 2.56 bits per heavy atom. The molecule has 0 spiro atoms. The molecule has 0 atom stereocenters. The van der Waals surface area contributed by atoms with Gasteiger partial charge in [-0.1, -0.05) is 18.3 Å². The summed E-state index contributed by atoms with van der Waals surface area (Å²) < 4.78 is 26.6. The zero-order valence-electron chi connectivity index (χ0n) is 8.93. The fraction of sp³-hybridized carbons (Fsp3) is 0.750. The highest BCUT2D eigenvalue weighted by molar-refractivity contribution is 7.91. The maximum Gasteiger partial charge on any atom is 0.270 e. The van der Waals surface area contributed by atoms with E-state index in [2.05, 4.69) is 14.9 Å². The molecule has 1 aliphatic rings. The zero-order chi connectivity index (χ0) is 11.8. The Labute approximate surface area is 98.3 Å². The van der Waals surface area contributed by atoms with Gasteiger partial charge >= 0.3 is 0 Å². The van der Waals surface area contributed by atoms with E-state index in [1.54, 1.807) is 0 Å². The molecule has 3 N–H and O–H groups in total. The number of hydrogen-bond donors (Lipinski definition) is 2. The molecule has 8 heteroatoms. The molecule has 0 aliphatic heterocycles. The van der Waals surface area contributed by atoms with Crippen LogP contribution in [0.25, 0.3) is 0 Å². The first-order chi connectivity index (χ1) is 7.47. The highest BCUT2D eigenvalue weighted by Crippen LogP contribution is 2.36. The van der Waals surface area contributed by atoms with E-state index in [4.69, 9.17) is 5.73 Å². The first kappa shape index (κ1) is 11.7. The first-order valence-electron chi connectivity index (χ1n) is 5.10. The maximum absolute atomic E-state index is 12.0. The van der Waals surface area contributed by atoms with Crippen molar-refractivity contribution in [2.24, 2.45) is 0 Å². The van der Waals surface area contributed by atoms with Gasteiger partial charge in [0, 0.05) is 5.54 Å². The van der Waals surface area contributed by atoms with Gasteiger partial charge < -0.3 is 5.73 Å². The van der Waals surface area contributed by atoms with Gasteiger partial charge in [-0.25, -0.2) is 13.1 Å². The van der Waals surface area contributed by atoms with Crippen LogP contribution in [0.2, 0.25) is 0 Å². The predicted octanol–water partition coefficient (Wildman–Crippen LogP) is 0.731. The second kappa shape index (κ2) is 3.94. The van der Waals surface area contributed by atoms with Crippen molar-refractivity contribution in [1.82, 2.24) is 14.9 Å². The molecule has 0 unspecified atom stereocenters. The van der Waals surface area contributed by atoms with Crippen LogP contribution in [-0.2, 0) is 10.0 Å². The smallest absolute Gasteiger partial charge is 0.270 e. The van der Waals surface area contributed by atoms with Crippen LogP contribution in [-0.4, -0.2) is 24.2 Å². The Morgan fingerprint density at radius 1 is 1.50 bits per heavy atom. The summed E-state index contributed by atoms with van der Waals surface area (Å²) in [6.45, 7) is 1.98. The highest BCUT2D eigenvalue weighted by atomic mass is 32.2. The minimum Gasteiger partial charge on any atom is -0.374 e. The third-order valence-corrected chi connectivity index (χ3v) is 5.69. The Hall–Kier alpha value is -0.730. The number of sulfonamides is 1. The lowest BCUT2D eigenvalue weighted by molar-refractivity contribution is 0.214. The number of anilines is 1. The third kappa shape index (κ3) is 2.04. The van der Waals surface area contributed by atoms with Crippen LogP contribution in [0.5, 0.6) is 0 Å². The minimum absolute atomic E-state index is 0.0512. The molecule has 0 bridgehead atoms. The van der Waals surface area contributed by atoms with Crippen LogP contribution < -0.4 is 10.5 Å². The van der Waals surface area contributed by atoms with Gasteiger partial charge in [0.15, 0.2) is 0 Å². The third-order valence-electron chi connectivity index (χ3n) is 2.99. The molecule has 0 amide bonds. The van der Waals surface area contributed by atoms with E-state index in [-0.39, 0.29) is 15.0 Å². The van der Waals surface area contributed by atoms with E-state index >= 15 is 0 Å². The summed E-state index contributed by atoms with van der Waals surface area (Å²) >= 11 is 0.886. The van der Waals surface area contributed by atoms with E-state index < -0.39 is 10.0 Å². The molecule has 1 aromatic rings. The number of nitrogens with one attached hydrogen (secondary N) is 1. The first-order valence-corrected chi connectivity index (χ1v) is 7.40. The summed E-state index contributed by atoms with van der Waals surface area (Å²) in [6, 6.07) is 0. The molecule has 1 saturated carbocycles. The molecule has 1 fully saturated rings. The van der Waals surface area contributed by atoms with Crippen molar-refractivity contribution in [2.75, 3.05) is 5.73 Å². The van der Waals surface area contributed by atoms with Gasteiger partial charge in [-0.2, -0.15) is 0 Å². The molecule has 0 saturated heterocycles. The number of aromatic nitrogens is 2. The fourth-order valence-electron chi connectivity index (χ4n) is 1.79. The molecule has 1 aromatic heterocycles. The van der Waals surface area contributed by atoms with Gasteiger partial charge in [0.05, 0.1) is 0 Å². The fourth-order valence-corrected chi connectivity index (χ4v) is 4.11. The molecule has 1 aliphatic carbocycles. The van der Waals surface area contributed by atoms with E-state index in [1.165, 1.54) is 0 Å².